The van der Waals surface area contributed by atoms with Gasteiger partial charge in [-0.3, -0.25) is 4.90 Å². The lowest BCUT2D eigenvalue weighted by molar-refractivity contribution is -0.274. The number of ether oxygens (including phenoxy) is 2. The van der Waals surface area contributed by atoms with Crippen LogP contribution >= 0.6 is 11.6 Å². The van der Waals surface area contributed by atoms with Gasteiger partial charge in [0.25, 0.3) is 0 Å². The van der Waals surface area contributed by atoms with Gasteiger partial charge in [0, 0.05) is 37.7 Å². The minimum atomic E-state index is -4.67. The van der Waals surface area contributed by atoms with Gasteiger partial charge in [0.15, 0.2) is 0 Å². The summed E-state index contributed by atoms with van der Waals surface area (Å²) in [5.41, 5.74) is 1.91. The van der Waals surface area contributed by atoms with Gasteiger partial charge in [-0.15, -0.1) is 13.2 Å². The number of alkyl halides is 3. The highest BCUT2D eigenvalue weighted by molar-refractivity contribution is 6.30. The Bertz CT molecular complexity index is 761. The molecule has 0 atom stereocenters. The molecule has 27 heavy (non-hydrogen) atoms. The minimum absolute atomic E-state index is 0.205. The SMILES string of the molecule is COc1ccc(Cl)cc1N1CCN(Cc2ccc(OC(F)(F)F)cc2)CC1. The van der Waals surface area contributed by atoms with Crippen molar-refractivity contribution in [2.24, 2.45) is 0 Å². The van der Waals surface area contributed by atoms with Crippen molar-refractivity contribution < 1.29 is 22.6 Å². The highest BCUT2D eigenvalue weighted by atomic mass is 35.5. The van der Waals surface area contributed by atoms with E-state index in [-0.39, 0.29) is 5.75 Å². The van der Waals surface area contributed by atoms with Gasteiger partial charge in [0.2, 0.25) is 0 Å². The molecule has 0 aliphatic carbocycles. The molecule has 3 rings (SSSR count). The third-order valence-corrected chi connectivity index (χ3v) is 4.65. The summed E-state index contributed by atoms with van der Waals surface area (Å²) in [6.45, 7) is 3.96. The van der Waals surface area contributed by atoms with Crippen molar-refractivity contribution in [3.63, 3.8) is 0 Å². The molecule has 0 spiro atoms. The number of methoxy groups -OCH3 is 1. The first-order chi connectivity index (χ1) is 12.8. The second-order valence-electron chi connectivity index (χ2n) is 6.27. The molecular formula is C19H20ClF3N2O2. The molecule has 2 aromatic rings. The number of piperazine rings is 1. The normalized spacial score (nSPS) is 15.7. The molecule has 0 unspecified atom stereocenters. The van der Waals surface area contributed by atoms with Crippen molar-refractivity contribution in [1.29, 1.82) is 0 Å². The number of anilines is 1. The summed E-state index contributed by atoms with van der Waals surface area (Å²) in [6.07, 6.45) is -4.67. The number of hydrogen-bond donors (Lipinski definition) is 0. The zero-order chi connectivity index (χ0) is 19.4. The lowest BCUT2D eigenvalue weighted by Gasteiger charge is -2.36. The molecule has 1 saturated heterocycles. The molecule has 2 aromatic carbocycles. The van der Waals surface area contributed by atoms with Crippen LogP contribution < -0.4 is 14.4 Å². The maximum absolute atomic E-state index is 12.2. The number of halogens is 4. The second-order valence-corrected chi connectivity index (χ2v) is 6.71. The molecule has 0 N–H and O–H groups in total. The quantitative estimate of drug-likeness (QED) is 0.734. The summed E-state index contributed by atoms with van der Waals surface area (Å²) in [5.74, 6) is 0.581. The van der Waals surface area contributed by atoms with Crippen LogP contribution in [0.25, 0.3) is 0 Å². The molecule has 1 aliphatic heterocycles. The Morgan fingerprint density at radius 2 is 1.67 bits per heavy atom. The highest BCUT2D eigenvalue weighted by Crippen LogP contribution is 2.32. The fourth-order valence-electron chi connectivity index (χ4n) is 3.11. The summed E-state index contributed by atoms with van der Waals surface area (Å²) in [5, 5.41) is 0.661. The van der Waals surface area contributed by atoms with Gasteiger partial charge in [0.1, 0.15) is 11.5 Å². The van der Waals surface area contributed by atoms with Gasteiger partial charge in [-0.25, -0.2) is 0 Å². The van der Waals surface area contributed by atoms with Gasteiger partial charge in [0.05, 0.1) is 12.8 Å². The van der Waals surface area contributed by atoms with Gasteiger partial charge in [-0.2, -0.15) is 0 Å². The number of benzene rings is 2. The molecule has 1 aliphatic rings. The zero-order valence-electron chi connectivity index (χ0n) is 14.8. The molecule has 1 fully saturated rings. The summed E-state index contributed by atoms with van der Waals surface area (Å²) in [7, 11) is 1.63. The van der Waals surface area contributed by atoms with Crippen molar-refractivity contribution in [2.75, 3.05) is 38.2 Å². The Hall–Kier alpha value is -2.12. The van der Waals surface area contributed by atoms with E-state index >= 15 is 0 Å². The monoisotopic (exact) mass is 400 g/mol. The van der Waals surface area contributed by atoms with Gasteiger partial charge in [-0.1, -0.05) is 23.7 Å². The third kappa shape index (κ3) is 5.43. The topological polar surface area (TPSA) is 24.9 Å². The molecule has 4 nitrogen and oxygen atoms in total. The molecule has 8 heteroatoms. The summed E-state index contributed by atoms with van der Waals surface area (Å²) < 4.78 is 46.0. The fraction of sp³-hybridized carbons (Fsp3) is 0.368. The van der Waals surface area contributed by atoms with Crippen LogP contribution in [-0.2, 0) is 6.54 Å². The number of hydrogen-bond acceptors (Lipinski definition) is 4. The summed E-state index contributed by atoms with van der Waals surface area (Å²) >= 11 is 6.11. The van der Waals surface area contributed by atoms with E-state index in [9.17, 15) is 13.2 Å². The molecule has 0 aromatic heterocycles. The molecule has 146 valence electrons. The Morgan fingerprint density at radius 1 is 1.00 bits per heavy atom. The van der Waals surface area contributed by atoms with Crippen molar-refractivity contribution >= 4 is 17.3 Å². The van der Waals surface area contributed by atoms with Crippen molar-refractivity contribution in [1.82, 2.24) is 4.90 Å². The van der Waals surface area contributed by atoms with E-state index in [1.165, 1.54) is 12.1 Å². The Morgan fingerprint density at radius 3 is 2.26 bits per heavy atom. The zero-order valence-corrected chi connectivity index (χ0v) is 15.6. The van der Waals surface area contributed by atoms with E-state index in [0.29, 0.717) is 11.6 Å². The maximum atomic E-state index is 12.2. The Labute approximate surface area is 161 Å². The Balaban J connectivity index is 1.56. The predicted molar refractivity (Wildman–Crippen MR) is 98.6 cm³/mol. The van der Waals surface area contributed by atoms with Crippen LogP contribution in [0.15, 0.2) is 42.5 Å². The molecule has 0 bridgehead atoms. The lowest BCUT2D eigenvalue weighted by atomic mass is 10.1. The van der Waals surface area contributed by atoms with Gasteiger partial charge < -0.3 is 14.4 Å². The Kier molecular flexibility index (Phi) is 6.01. The van der Waals surface area contributed by atoms with E-state index in [1.807, 2.05) is 12.1 Å². The smallest absolute Gasteiger partial charge is 0.495 e. The molecule has 0 saturated carbocycles. The van der Waals surface area contributed by atoms with Crippen LogP contribution in [0, 0.1) is 0 Å². The van der Waals surface area contributed by atoms with Crippen LogP contribution in [0.1, 0.15) is 5.56 Å². The van der Waals surface area contributed by atoms with E-state index in [0.717, 1.165) is 43.2 Å². The number of nitrogens with zero attached hydrogens (tertiary/aromatic N) is 2. The molecule has 1 heterocycles. The van der Waals surface area contributed by atoms with Crippen molar-refractivity contribution in [3.8, 4) is 11.5 Å². The van der Waals surface area contributed by atoms with Crippen LogP contribution in [0.3, 0.4) is 0 Å². The summed E-state index contributed by atoms with van der Waals surface area (Å²) in [6, 6.07) is 11.6. The first kappa shape index (κ1) is 19.6. The van der Waals surface area contributed by atoms with E-state index < -0.39 is 6.36 Å². The van der Waals surface area contributed by atoms with E-state index in [2.05, 4.69) is 14.5 Å². The maximum Gasteiger partial charge on any atom is 0.573 e. The van der Waals surface area contributed by atoms with Crippen molar-refractivity contribution in [3.05, 3.63) is 53.1 Å². The third-order valence-electron chi connectivity index (χ3n) is 4.42. The van der Waals surface area contributed by atoms with E-state index in [4.69, 9.17) is 16.3 Å². The average Bonchev–Trinajstić information content (AvgIpc) is 2.63. The lowest BCUT2D eigenvalue weighted by Crippen LogP contribution is -2.46. The minimum Gasteiger partial charge on any atom is -0.495 e. The highest BCUT2D eigenvalue weighted by Gasteiger charge is 2.31. The van der Waals surface area contributed by atoms with Crippen LogP contribution in [0.2, 0.25) is 5.02 Å². The van der Waals surface area contributed by atoms with Crippen molar-refractivity contribution in [2.45, 2.75) is 12.9 Å². The average molecular weight is 401 g/mol. The van der Waals surface area contributed by atoms with Gasteiger partial charge >= 0.3 is 6.36 Å². The van der Waals surface area contributed by atoms with Crippen LogP contribution in [0.5, 0.6) is 11.5 Å². The predicted octanol–water partition coefficient (Wildman–Crippen LogP) is 4.57. The second kappa shape index (κ2) is 8.27. The summed E-state index contributed by atoms with van der Waals surface area (Å²) in [4.78, 5) is 4.48. The fourth-order valence-corrected chi connectivity index (χ4v) is 3.28. The standard InChI is InChI=1S/C19H20ClF3N2O2/c1-26-18-7-4-15(20)12-17(18)25-10-8-24(9-11-25)13-14-2-5-16(6-3-14)27-19(21,22)23/h2-7,12H,8-11,13H2,1H3. The molecule has 0 radical (unpaired) electrons. The molecule has 0 amide bonds. The largest absolute Gasteiger partial charge is 0.573 e. The number of rotatable bonds is 5. The van der Waals surface area contributed by atoms with Crippen LogP contribution in [0.4, 0.5) is 18.9 Å². The first-order valence-corrected chi connectivity index (χ1v) is 8.87. The van der Waals surface area contributed by atoms with Crippen LogP contribution in [-0.4, -0.2) is 44.6 Å². The van der Waals surface area contributed by atoms with Gasteiger partial charge in [-0.05, 0) is 35.9 Å². The van der Waals surface area contributed by atoms with E-state index in [1.54, 1.807) is 25.3 Å². The first-order valence-electron chi connectivity index (χ1n) is 8.49. The molecular weight excluding hydrogens is 381 g/mol.